The van der Waals surface area contributed by atoms with Gasteiger partial charge in [0.2, 0.25) is 0 Å². The van der Waals surface area contributed by atoms with Crippen LogP contribution in [-0.4, -0.2) is 18.9 Å². The van der Waals surface area contributed by atoms with E-state index >= 15 is 0 Å². The van der Waals surface area contributed by atoms with Gasteiger partial charge in [0.1, 0.15) is 12.7 Å². The zero-order chi connectivity index (χ0) is 15.2. The fourth-order valence-electron chi connectivity index (χ4n) is 2.90. The topological polar surface area (TPSA) is 35.5 Å². The maximum atomic E-state index is 10.7. The Hall–Kier alpha value is -0.730. The lowest BCUT2D eigenvalue weighted by Gasteiger charge is -2.06. The molecule has 3 heteroatoms. The lowest BCUT2D eigenvalue weighted by Crippen LogP contribution is -2.09. The molecule has 0 spiro atoms. The van der Waals surface area contributed by atoms with Crippen molar-refractivity contribution in [1.29, 1.82) is 0 Å². The van der Waals surface area contributed by atoms with Crippen LogP contribution in [0.4, 0.5) is 4.79 Å². The fourth-order valence-corrected chi connectivity index (χ4v) is 2.90. The van der Waals surface area contributed by atoms with E-state index in [0.29, 0.717) is 6.61 Å². The molecule has 0 N–H and O–H groups in total. The molecule has 0 aromatic carbocycles. The number of rotatable bonds is 14. The molecule has 0 saturated carbocycles. The second-order valence-corrected chi connectivity index (χ2v) is 6.33. The predicted molar refractivity (Wildman–Crippen MR) is 86.5 cm³/mol. The van der Waals surface area contributed by atoms with Gasteiger partial charge in [-0.3, -0.25) is 0 Å². The van der Waals surface area contributed by atoms with Gasteiger partial charge in [-0.05, 0) is 12.8 Å². The summed E-state index contributed by atoms with van der Waals surface area (Å²) in [6.07, 6.45) is 18.3. The Labute approximate surface area is 130 Å². The Morgan fingerprint density at radius 2 is 1.29 bits per heavy atom. The molecular formula is C18H34O3. The normalized spacial score (nSPS) is 17.8. The fraction of sp³-hybridized carbons (Fsp3) is 0.944. The molecule has 0 aromatic heterocycles. The molecule has 0 aromatic rings. The first kappa shape index (κ1) is 18.3. The van der Waals surface area contributed by atoms with Crippen LogP contribution in [0.5, 0.6) is 0 Å². The first-order valence-electron chi connectivity index (χ1n) is 9.16. The highest BCUT2D eigenvalue weighted by molar-refractivity contribution is 5.61. The second kappa shape index (κ2) is 13.0. The molecule has 124 valence electrons. The van der Waals surface area contributed by atoms with Crippen LogP contribution in [0, 0.1) is 0 Å². The number of hydrogen-bond acceptors (Lipinski definition) is 3. The Morgan fingerprint density at radius 3 is 1.71 bits per heavy atom. The summed E-state index contributed by atoms with van der Waals surface area (Å²) < 4.78 is 9.78. The lowest BCUT2D eigenvalue weighted by atomic mass is 10.0. The van der Waals surface area contributed by atoms with Gasteiger partial charge in [0.25, 0.3) is 0 Å². The highest BCUT2D eigenvalue weighted by Crippen LogP contribution is 2.16. The average Bonchev–Trinajstić information content (AvgIpc) is 2.89. The van der Waals surface area contributed by atoms with E-state index in [1.807, 2.05) is 0 Å². The average molecular weight is 298 g/mol. The summed E-state index contributed by atoms with van der Waals surface area (Å²) in [7, 11) is 0. The van der Waals surface area contributed by atoms with Crippen molar-refractivity contribution >= 4 is 6.16 Å². The van der Waals surface area contributed by atoms with Crippen molar-refractivity contribution in [3.05, 3.63) is 0 Å². The van der Waals surface area contributed by atoms with E-state index in [9.17, 15) is 4.79 Å². The minimum absolute atomic E-state index is 0.0187. The minimum atomic E-state index is -0.491. The van der Waals surface area contributed by atoms with Crippen molar-refractivity contribution in [3.63, 3.8) is 0 Å². The Morgan fingerprint density at radius 1 is 0.810 bits per heavy atom. The van der Waals surface area contributed by atoms with E-state index in [4.69, 9.17) is 9.47 Å². The number of carbonyl (C=O) groups is 1. The van der Waals surface area contributed by atoms with Crippen LogP contribution in [0.1, 0.15) is 96.8 Å². The maximum absolute atomic E-state index is 10.7. The van der Waals surface area contributed by atoms with E-state index < -0.39 is 6.16 Å². The molecule has 0 aliphatic carbocycles. The summed E-state index contributed by atoms with van der Waals surface area (Å²) in [6, 6.07) is 0. The van der Waals surface area contributed by atoms with Crippen LogP contribution >= 0.6 is 0 Å². The number of carbonyl (C=O) groups excluding carboxylic acids is 1. The van der Waals surface area contributed by atoms with E-state index in [1.165, 1.54) is 77.0 Å². The van der Waals surface area contributed by atoms with E-state index in [-0.39, 0.29) is 6.10 Å². The Kier molecular flexibility index (Phi) is 11.3. The molecule has 1 saturated heterocycles. The van der Waals surface area contributed by atoms with Gasteiger partial charge in [0.05, 0.1) is 0 Å². The van der Waals surface area contributed by atoms with Gasteiger partial charge in [-0.2, -0.15) is 0 Å². The van der Waals surface area contributed by atoms with E-state index in [0.717, 1.165) is 12.8 Å². The van der Waals surface area contributed by atoms with Crippen molar-refractivity contribution < 1.29 is 14.3 Å². The zero-order valence-corrected chi connectivity index (χ0v) is 13.9. The van der Waals surface area contributed by atoms with Crippen LogP contribution < -0.4 is 0 Å². The van der Waals surface area contributed by atoms with Gasteiger partial charge >= 0.3 is 6.16 Å². The molecule has 1 unspecified atom stereocenters. The van der Waals surface area contributed by atoms with Crippen molar-refractivity contribution in [2.75, 3.05) is 6.61 Å². The standard InChI is InChI=1S/C18H34O3/c1-2-3-4-5-6-7-8-9-10-11-12-13-14-15-17-16-20-18(19)21-17/h17H,2-16H2,1H3. The van der Waals surface area contributed by atoms with Gasteiger partial charge in [0.15, 0.2) is 0 Å². The van der Waals surface area contributed by atoms with Crippen LogP contribution in [0.15, 0.2) is 0 Å². The van der Waals surface area contributed by atoms with Gasteiger partial charge in [-0.15, -0.1) is 0 Å². The highest BCUT2D eigenvalue weighted by Gasteiger charge is 2.23. The SMILES string of the molecule is CCCCCCCCCCCCCCCC1COC(=O)O1. The number of ether oxygens (including phenoxy) is 2. The smallest absolute Gasteiger partial charge is 0.430 e. The lowest BCUT2D eigenvalue weighted by molar-refractivity contribution is 0.115. The van der Waals surface area contributed by atoms with Crippen molar-refractivity contribution in [2.24, 2.45) is 0 Å². The summed E-state index contributed by atoms with van der Waals surface area (Å²) >= 11 is 0. The largest absolute Gasteiger partial charge is 0.508 e. The molecule has 0 amide bonds. The van der Waals surface area contributed by atoms with Gasteiger partial charge in [-0.1, -0.05) is 84.0 Å². The van der Waals surface area contributed by atoms with Gasteiger partial charge in [0, 0.05) is 0 Å². The van der Waals surface area contributed by atoms with Crippen LogP contribution in [0.2, 0.25) is 0 Å². The molecule has 1 heterocycles. The quantitative estimate of drug-likeness (QED) is 0.291. The predicted octanol–water partition coefficient (Wildman–Crippen LogP) is 6.00. The molecule has 1 aliphatic rings. The third-order valence-corrected chi connectivity index (χ3v) is 4.28. The molecule has 1 rings (SSSR count). The molecule has 1 atom stereocenters. The second-order valence-electron chi connectivity index (χ2n) is 6.33. The summed E-state index contributed by atoms with van der Waals surface area (Å²) in [5, 5.41) is 0. The van der Waals surface area contributed by atoms with Gasteiger partial charge in [-0.25, -0.2) is 4.79 Å². The third kappa shape index (κ3) is 10.6. The molecular weight excluding hydrogens is 264 g/mol. The summed E-state index contributed by atoms with van der Waals surface area (Å²) in [5.74, 6) is 0. The molecule has 0 bridgehead atoms. The summed E-state index contributed by atoms with van der Waals surface area (Å²) in [4.78, 5) is 10.7. The Bertz CT molecular complexity index is 253. The summed E-state index contributed by atoms with van der Waals surface area (Å²) in [6.45, 7) is 2.73. The van der Waals surface area contributed by atoms with Crippen LogP contribution in [0.3, 0.4) is 0 Å². The van der Waals surface area contributed by atoms with E-state index in [2.05, 4.69) is 6.92 Å². The summed E-state index contributed by atoms with van der Waals surface area (Å²) in [5.41, 5.74) is 0. The van der Waals surface area contributed by atoms with Crippen molar-refractivity contribution in [3.8, 4) is 0 Å². The first-order valence-corrected chi connectivity index (χ1v) is 9.16. The first-order chi connectivity index (χ1) is 10.3. The zero-order valence-electron chi connectivity index (χ0n) is 13.9. The monoisotopic (exact) mass is 298 g/mol. The third-order valence-electron chi connectivity index (χ3n) is 4.28. The van der Waals surface area contributed by atoms with E-state index in [1.54, 1.807) is 0 Å². The van der Waals surface area contributed by atoms with Gasteiger partial charge < -0.3 is 9.47 Å². The molecule has 1 fully saturated rings. The number of unbranched alkanes of at least 4 members (excludes halogenated alkanes) is 12. The van der Waals surface area contributed by atoms with Crippen LogP contribution in [-0.2, 0) is 9.47 Å². The molecule has 0 radical (unpaired) electrons. The van der Waals surface area contributed by atoms with Crippen molar-refractivity contribution in [1.82, 2.24) is 0 Å². The minimum Gasteiger partial charge on any atom is -0.430 e. The molecule has 1 aliphatic heterocycles. The van der Waals surface area contributed by atoms with Crippen LogP contribution in [0.25, 0.3) is 0 Å². The number of cyclic esters (lactones) is 2. The Balaban J connectivity index is 1.70. The number of hydrogen-bond donors (Lipinski definition) is 0. The maximum Gasteiger partial charge on any atom is 0.508 e. The molecule has 3 nitrogen and oxygen atoms in total. The highest BCUT2D eigenvalue weighted by atomic mass is 16.8. The molecule has 21 heavy (non-hydrogen) atoms. The van der Waals surface area contributed by atoms with Crippen molar-refractivity contribution in [2.45, 2.75) is 103 Å².